The number of nitrogens with zero attached hydrogens (tertiary/aromatic N) is 2. The second kappa shape index (κ2) is 9.62. The van der Waals surface area contributed by atoms with Gasteiger partial charge in [-0.25, -0.2) is 4.98 Å². The number of nitrogens with one attached hydrogen (secondary N) is 1. The van der Waals surface area contributed by atoms with Crippen molar-refractivity contribution in [1.29, 1.82) is 0 Å². The summed E-state index contributed by atoms with van der Waals surface area (Å²) in [6.45, 7) is 1.55. The first-order valence-electron chi connectivity index (χ1n) is 10.1. The Balaban J connectivity index is 1.44. The van der Waals surface area contributed by atoms with Gasteiger partial charge >= 0.3 is 0 Å². The van der Waals surface area contributed by atoms with Crippen molar-refractivity contribution >= 4 is 28.8 Å². The van der Waals surface area contributed by atoms with Crippen LogP contribution in [-0.4, -0.2) is 15.6 Å². The molecule has 0 amide bonds. The molecule has 0 fully saturated rings. The fraction of sp³-hybridized carbons (Fsp3) is 0.292. The van der Waals surface area contributed by atoms with Crippen molar-refractivity contribution in [3.8, 4) is 0 Å². The van der Waals surface area contributed by atoms with Crippen molar-refractivity contribution in [2.45, 2.75) is 44.8 Å². The quantitative estimate of drug-likeness (QED) is 0.498. The van der Waals surface area contributed by atoms with Crippen LogP contribution in [0.2, 0.25) is 10.0 Å². The molecule has 1 heterocycles. The fourth-order valence-electron chi connectivity index (χ4n) is 3.88. The largest absolute Gasteiger partial charge is 0.329 e. The molecule has 29 heavy (non-hydrogen) atoms. The van der Waals surface area contributed by atoms with Crippen molar-refractivity contribution in [3.05, 3.63) is 94.0 Å². The average molecular weight is 426 g/mol. The summed E-state index contributed by atoms with van der Waals surface area (Å²) in [5, 5.41) is 5.28. The van der Waals surface area contributed by atoms with Crippen molar-refractivity contribution in [3.63, 3.8) is 0 Å². The van der Waals surface area contributed by atoms with Crippen molar-refractivity contribution < 1.29 is 0 Å². The van der Waals surface area contributed by atoms with Gasteiger partial charge in [0.1, 0.15) is 0 Å². The van der Waals surface area contributed by atoms with E-state index >= 15 is 0 Å². The van der Waals surface area contributed by atoms with Crippen molar-refractivity contribution in [2.75, 3.05) is 0 Å². The Labute approximate surface area is 182 Å². The Morgan fingerprint density at radius 2 is 1.86 bits per heavy atom. The average Bonchev–Trinajstić information content (AvgIpc) is 3.00. The number of benzene rings is 2. The number of imidazole rings is 1. The lowest BCUT2D eigenvalue weighted by molar-refractivity contribution is 0.525. The topological polar surface area (TPSA) is 29.9 Å². The van der Waals surface area contributed by atoms with E-state index in [1.807, 2.05) is 42.9 Å². The predicted octanol–water partition coefficient (Wildman–Crippen LogP) is 6.35. The van der Waals surface area contributed by atoms with Gasteiger partial charge in [-0.05, 0) is 60.2 Å². The van der Waals surface area contributed by atoms with Crippen LogP contribution in [-0.2, 0) is 13.1 Å². The zero-order valence-electron chi connectivity index (χ0n) is 16.3. The van der Waals surface area contributed by atoms with Gasteiger partial charge in [0, 0.05) is 35.4 Å². The van der Waals surface area contributed by atoms with Crippen molar-refractivity contribution in [1.82, 2.24) is 14.9 Å². The van der Waals surface area contributed by atoms with Gasteiger partial charge in [-0.15, -0.1) is 0 Å². The zero-order chi connectivity index (χ0) is 20.1. The molecule has 1 unspecified atom stereocenters. The van der Waals surface area contributed by atoms with Gasteiger partial charge in [-0.3, -0.25) is 0 Å². The minimum Gasteiger partial charge on any atom is -0.329 e. The van der Waals surface area contributed by atoms with Gasteiger partial charge in [0.15, 0.2) is 0 Å². The molecule has 1 atom stereocenters. The van der Waals surface area contributed by atoms with Gasteiger partial charge in [-0.1, -0.05) is 60.0 Å². The number of hydrogen-bond acceptors (Lipinski definition) is 2. The van der Waals surface area contributed by atoms with E-state index in [4.69, 9.17) is 23.2 Å². The molecule has 5 heteroatoms. The molecule has 4 rings (SSSR count). The maximum atomic E-state index is 6.20. The second-order valence-electron chi connectivity index (χ2n) is 7.58. The zero-order valence-corrected chi connectivity index (χ0v) is 17.8. The summed E-state index contributed by atoms with van der Waals surface area (Å²) in [6.07, 6.45) is 10.9. The molecular weight excluding hydrogens is 401 g/mol. The summed E-state index contributed by atoms with van der Waals surface area (Å²) >= 11 is 12.3. The summed E-state index contributed by atoms with van der Waals surface area (Å²) in [5.41, 5.74) is 4.97. The molecule has 1 aromatic heterocycles. The molecule has 150 valence electrons. The molecule has 0 aliphatic heterocycles. The fourth-order valence-corrected chi connectivity index (χ4v) is 4.29. The highest BCUT2D eigenvalue weighted by Gasteiger charge is 2.14. The normalized spacial score (nSPS) is 17.0. The molecule has 2 aromatic carbocycles. The van der Waals surface area contributed by atoms with Crippen molar-refractivity contribution in [2.24, 2.45) is 0 Å². The molecule has 0 radical (unpaired) electrons. The van der Waals surface area contributed by atoms with Crippen LogP contribution in [0.3, 0.4) is 0 Å². The monoisotopic (exact) mass is 425 g/mol. The SMILES string of the molecule is Clc1cccc(Cn2cncc2CNC2C=C(c3cccc(Cl)c3)CCCC2)c1. The number of halogens is 2. The second-order valence-corrected chi connectivity index (χ2v) is 8.45. The Kier molecular flexibility index (Phi) is 6.70. The summed E-state index contributed by atoms with van der Waals surface area (Å²) < 4.78 is 2.18. The summed E-state index contributed by atoms with van der Waals surface area (Å²) in [5.74, 6) is 0. The van der Waals surface area contributed by atoms with Gasteiger partial charge in [0.05, 0.1) is 12.0 Å². The minimum atomic E-state index is 0.348. The first-order chi connectivity index (χ1) is 14.2. The molecular formula is C24H25Cl2N3. The molecule has 1 aliphatic carbocycles. The molecule has 0 saturated carbocycles. The van der Waals surface area contributed by atoms with E-state index in [1.54, 1.807) is 0 Å². The minimum absolute atomic E-state index is 0.348. The maximum Gasteiger partial charge on any atom is 0.0951 e. The number of allylic oxidation sites excluding steroid dienone is 1. The third-order valence-electron chi connectivity index (χ3n) is 5.39. The van der Waals surface area contributed by atoms with Crippen LogP contribution in [0.4, 0.5) is 0 Å². The number of hydrogen-bond donors (Lipinski definition) is 1. The van der Waals surface area contributed by atoms with E-state index in [2.05, 4.69) is 39.1 Å². The first kappa shape index (κ1) is 20.2. The van der Waals surface area contributed by atoms with Gasteiger partial charge in [0.2, 0.25) is 0 Å². The number of rotatable bonds is 6. The lowest BCUT2D eigenvalue weighted by Crippen LogP contribution is -2.27. The highest BCUT2D eigenvalue weighted by molar-refractivity contribution is 6.31. The van der Waals surface area contributed by atoms with Gasteiger partial charge in [-0.2, -0.15) is 0 Å². The Hall–Kier alpha value is -2.07. The summed E-state index contributed by atoms with van der Waals surface area (Å²) in [4.78, 5) is 4.36. The van der Waals surface area contributed by atoms with E-state index in [1.165, 1.54) is 35.2 Å². The molecule has 3 aromatic rings. The molecule has 3 nitrogen and oxygen atoms in total. The van der Waals surface area contributed by atoms with E-state index in [0.29, 0.717) is 6.04 Å². The number of aromatic nitrogens is 2. The predicted molar refractivity (Wildman–Crippen MR) is 121 cm³/mol. The Morgan fingerprint density at radius 3 is 2.69 bits per heavy atom. The van der Waals surface area contributed by atoms with Crippen LogP contribution in [0.5, 0.6) is 0 Å². The molecule has 0 saturated heterocycles. The Bertz CT molecular complexity index is 993. The highest BCUT2D eigenvalue weighted by Crippen LogP contribution is 2.28. The van der Waals surface area contributed by atoms with Crippen LogP contribution in [0, 0.1) is 0 Å². The molecule has 0 spiro atoms. The maximum absolute atomic E-state index is 6.20. The van der Waals surface area contributed by atoms with E-state index in [0.717, 1.165) is 36.0 Å². The summed E-state index contributed by atoms with van der Waals surface area (Å²) in [7, 11) is 0. The lowest BCUT2D eigenvalue weighted by atomic mass is 10.0. The highest BCUT2D eigenvalue weighted by atomic mass is 35.5. The van der Waals surface area contributed by atoms with Crippen LogP contribution >= 0.6 is 23.2 Å². The third-order valence-corrected chi connectivity index (χ3v) is 5.87. The van der Waals surface area contributed by atoms with Crippen LogP contribution in [0.15, 0.2) is 67.1 Å². The van der Waals surface area contributed by atoms with E-state index in [9.17, 15) is 0 Å². The van der Waals surface area contributed by atoms with E-state index < -0.39 is 0 Å². The molecule has 0 bridgehead atoms. The van der Waals surface area contributed by atoms with Crippen LogP contribution < -0.4 is 5.32 Å². The lowest BCUT2D eigenvalue weighted by Gasteiger charge is -2.16. The van der Waals surface area contributed by atoms with Gasteiger partial charge < -0.3 is 9.88 Å². The summed E-state index contributed by atoms with van der Waals surface area (Å²) in [6, 6.07) is 16.5. The smallest absolute Gasteiger partial charge is 0.0951 e. The Morgan fingerprint density at radius 1 is 1.03 bits per heavy atom. The molecule has 1 N–H and O–H groups in total. The van der Waals surface area contributed by atoms with Crippen LogP contribution in [0.1, 0.15) is 42.5 Å². The first-order valence-corrected chi connectivity index (χ1v) is 10.9. The van der Waals surface area contributed by atoms with E-state index in [-0.39, 0.29) is 0 Å². The van der Waals surface area contributed by atoms with Gasteiger partial charge in [0.25, 0.3) is 0 Å². The third kappa shape index (κ3) is 5.51. The standard InChI is InChI=1S/C24H25Cl2N3/c25-21-8-3-5-18(11-21)16-29-17-27-14-24(29)15-28-23-10-2-1-6-20(13-23)19-7-4-9-22(26)12-19/h3-5,7-9,11-14,17,23,28H,1-2,6,10,15-16H2. The molecule has 1 aliphatic rings. The van der Waals surface area contributed by atoms with Crippen LogP contribution in [0.25, 0.3) is 5.57 Å².